The molecule has 1 fully saturated rings. The van der Waals surface area contributed by atoms with Crippen LogP contribution in [0.5, 0.6) is 0 Å². The van der Waals surface area contributed by atoms with Gasteiger partial charge in [-0.2, -0.15) is 18.3 Å². The van der Waals surface area contributed by atoms with Gasteiger partial charge < -0.3 is 10.2 Å². The molecule has 6 nitrogen and oxygen atoms in total. The van der Waals surface area contributed by atoms with Gasteiger partial charge in [0.15, 0.2) is 5.69 Å². The van der Waals surface area contributed by atoms with E-state index in [1.165, 1.54) is 13.8 Å². The first-order valence-corrected chi connectivity index (χ1v) is 8.79. The lowest BCUT2D eigenvalue weighted by Crippen LogP contribution is -2.34. The van der Waals surface area contributed by atoms with Crippen LogP contribution in [0.4, 0.5) is 13.2 Å². The minimum Gasteiger partial charge on any atom is -0.354 e. The van der Waals surface area contributed by atoms with Crippen LogP contribution in [0.15, 0.2) is 4.47 Å². The molecule has 0 bridgehead atoms. The average Bonchev–Trinajstić information content (AvgIpc) is 3.07. The van der Waals surface area contributed by atoms with E-state index >= 15 is 0 Å². The number of nitrogens with zero attached hydrogens (tertiary/aromatic N) is 3. The largest absolute Gasteiger partial charge is 0.436 e. The lowest BCUT2D eigenvalue weighted by molar-refractivity contribution is -0.142. The molecule has 2 heterocycles. The van der Waals surface area contributed by atoms with Crippen LogP contribution in [0.25, 0.3) is 0 Å². The molecule has 1 saturated heterocycles. The van der Waals surface area contributed by atoms with E-state index < -0.39 is 23.8 Å². The molecule has 1 N–H and O–H groups in total. The maximum atomic E-state index is 12.9. The summed E-state index contributed by atoms with van der Waals surface area (Å²) >= 11 is 2.89. The van der Waals surface area contributed by atoms with Gasteiger partial charge in [-0.15, -0.1) is 0 Å². The van der Waals surface area contributed by atoms with Gasteiger partial charge in [0.1, 0.15) is 6.04 Å². The second-order valence-electron chi connectivity index (χ2n) is 6.00. The van der Waals surface area contributed by atoms with Crippen molar-refractivity contribution in [2.45, 2.75) is 45.3 Å². The fourth-order valence-electron chi connectivity index (χ4n) is 2.74. The Balaban J connectivity index is 1.90. The molecule has 1 aromatic heterocycles. The Bertz CT molecular complexity index is 660. The molecule has 0 spiro atoms. The normalized spacial score (nSPS) is 16.4. The van der Waals surface area contributed by atoms with Crippen LogP contribution in [-0.4, -0.2) is 46.1 Å². The lowest BCUT2D eigenvalue weighted by atomic mass is 10.3. The number of nitrogens with one attached hydrogen (secondary N) is 1. The zero-order valence-electron chi connectivity index (χ0n) is 14.0. The van der Waals surface area contributed by atoms with Crippen molar-refractivity contribution >= 4 is 27.7 Å². The first kappa shape index (κ1) is 19.7. The molecule has 1 aromatic rings. The van der Waals surface area contributed by atoms with Crippen LogP contribution in [0, 0.1) is 6.92 Å². The predicted molar refractivity (Wildman–Crippen MR) is 87.8 cm³/mol. The number of hydrogen-bond acceptors (Lipinski definition) is 3. The number of likely N-dealkylation sites (tertiary alicyclic amines) is 1. The number of alkyl halides is 3. The third-order valence-electron chi connectivity index (χ3n) is 4.17. The topological polar surface area (TPSA) is 67.2 Å². The third-order valence-corrected chi connectivity index (χ3v) is 5.12. The van der Waals surface area contributed by atoms with Gasteiger partial charge in [0.05, 0.1) is 10.2 Å². The van der Waals surface area contributed by atoms with Crippen molar-refractivity contribution in [1.29, 1.82) is 0 Å². The Morgan fingerprint density at radius 3 is 2.64 bits per heavy atom. The van der Waals surface area contributed by atoms with Gasteiger partial charge >= 0.3 is 6.18 Å². The van der Waals surface area contributed by atoms with Crippen molar-refractivity contribution in [1.82, 2.24) is 20.0 Å². The molecule has 2 rings (SSSR count). The van der Waals surface area contributed by atoms with E-state index in [9.17, 15) is 22.8 Å². The van der Waals surface area contributed by atoms with Gasteiger partial charge in [-0.1, -0.05) is 0 Å². The maximum absolute atomic E-state index is 12.9. The van der Waals surface area contributed by atoms with Gasteiger partial charge in [0, 0.05) is 26.1 Å². The van der Waals surface area contributed by atoms with Crippen LogP contribution in [0.3, 0.4) is 0 Å². The zero-order valence-corrected chi connectivity index (χ0v) is 15.6. The predicted octanol–water partition coefficient (Wildman–Crippen LogP) is 2.66. The number of amides is 2. The van der Waals surface area contributed by atoms with E-state index in [-0.39, 0.29) is 16.1 Å². The van der Waals surface area contributed by atoms with Gasteiger partial charge in [-0.25, -0.2) is 0 Å². The van der Waals surface area contributed by atoms with Crippen molar-refractivity contribution < 1.29 is 22.8 Å². The molecular weight excluding hydrogens is 405 g/mol. The van der Waals surface area contributed by atoms with Gasteiger partial charge in [0.25, 0.3) is 0 Å². The van der Waals surface area contributed by atoms with Crippen LogP contribution in [0.1, 0.15) is 43.6 Å². The van der Waals surface area contributed by atoms with Crippen LogP contribution in [-0.2, 0) is 15.8 Å². The first-order valence-electron chi connectivity index (χ1n) is 8.00. The minimum absolute atomic E-state index is 0.122. The standard InChI is InChI=1S/C15H20BrF3N4O2/c1-9-12(16)13(15(17,18)19)21-23(9)10(2)14(25)20-6-4-8-22-7-3-5-11(22)24/h10H,3-8H2,1-2H3,(H,20,25)/t10-/m0/s1. The van der Waals surface area contributed by atoms with E-state index in [4.69, 9.17) is 0 Å². The van der Waals surface area contributed by atoms with Crippen molar-refractivity contribution in [2.24, 2.45) is 0 Å². The average molecular weight is 425 g/mol. The summed E-state index contributed by atoms with van der Waals surface area (Å²) in [7, 11) is 0. The molecule has 1 aliphatic rings. The minimum atomic E-state index is -4.59. The highest BCUT2D eigenvalue weighted by atomic mass is 79.9. The van der Waals surface area contributed by atoms with Crippen LogP contribution < -0.4 is 5.32 Å². The molecule has 0 aromatic carbocycles. The molecule has 25 heavy (non-hydrogen) atoms. The van der Waals surface area contributed by atoms with E-state index in [0.29, 0.717) is 25.9 Å². The summed E-state index contributed by atoms with van der Waals surface area (Å²) < 4.78 is 39.6. The fourth-order valence-corrected chi connectivity index (χ4v) is 3.22. The summed E-state index contributed by atoms with van der Waals surface area (Å²) in [4.78, 5) is 25.4. The molecule has 0 aliphatic carbocycles. The highest BCUT2D eigenvalue weighted by Gasteiger charge is 2.38. The summed E-state index contributed by atoms with van der Waals surface area (Å²) in [6.07, 6.45) is -2.57. The van der Waals surface area contributed by atoms with Gasteiger partial charge in [-0.3, -0.25) is 14.3 Å². The molecule has 1 aliphatic heterocycles. The quantitative estimate of drug-likeness (QED) is 0.713. The Hall–Kier alpha value is -1.58. The Morgan fingerprint density at radius 2 is 2.12 bits per heavy atom. The summed E-state index contributed by atoms with van der Waals surface area (Å²) in [6.45, 7) is 4.61. The zero-order chi connectivity index (χ0) is 18.8. The number of halogens is 4. The second kappa shape index (κ2) is 7.76. The Labute approximate surface area is 151 Å². The SMILES string of the molecule is Cc1c(Br)c(C(F)(F)F)nn1[C@@H](C)C(=O)NCCCN1CCCC1=O. The van der Waals surface area contributed by atoms with E-state index in [1.807, 2.05) is 0 Å². The highest BCUT2D eigenvalue weighted by Crippen LogP contribution is 2.36. The summed E-state index contributed by atoms with van der Waals surface area (Å²) in [6, 6.07) is -0.874. The van der Waals surface area contributed by atoms with Crippen LogP contribution >= 0.6 is 15.9 Å². The lowest BCUT2D eigenvalue weighted by Gasteiger charge is -2.17. The smallest absolute Gasteiger partial charge is 0.354 e. The highest BCUT2D eigenvalue weighted by molar-refractivity contribution is 9.10. The monoisotopic (exact) mass is 424 g/mol. The second-order valence-corrected chi connectivity index (χ2v) is 6.79. The summed E-state index contributed by atoms with van der Waals surface area (Å²) in [5, 5.41) is 6.21. The van der Waals surface area contributed by atoms with Crippen molar-refractivity contribution in [3.63, 3.8) is 0 Å². The third kappa shape index (κ3) is 4.53. The number of rotatable bonds is 6. The first-order chi connectivity index (χ1) is 11.6. The van der Waals surface area contributed by atoms with Crippen LogP contribution in [0.2, 0.25) is 0 Å². The maximum Gasteiger partial charge on any atom is 0.436 e. The molecule has 0 saturated carbocycles. The Morgan fingerprint density at radius 1 is 1.44 bits per heavy atom. The fraction of sp³-hybridized carbons (Fsp3) is 0.667. The number of aromatic nitrogens is 2. The van der Waals surface area contributed by atoms with Gasteiger partial charge in [-0.05, 0) is 42.6 Å². The number of carbonyl (C=O) groups excluding carboxylic acids is 2. The van der Waals surface area contributed by atoms with E-state index in [0.717, 1.165) is 17.6 Å². The molecule has 0 radical (unpaired) electrons. The molecular formula is C15H20BrF3N4O2. The van der Waals surface area contributed by atoms with E-state index in [2.05, 4.69) is 26.3 Å². The molecule has 2 amide bonds. The molecule has 10 heteroatoms. The van der Waals surface area contributed by atoms with Crippen molar-refractivity contribution in [2.75, 3.05) is 19.6 Å². The Kier molecular flexibility index (Phi) is 6.12. The van der Waals surface area contributed by atoms with Crippen molar-refractivity contribution in [3.05, 3.63) is 15.9 Å². The molecule has 140 valence electrons. The summed E-state index contributed by atoms with van der Waals surface area (Å²) in [5.41, 5.74) is -0.810. The molecule has 0 unspecified atom stereocenters. The number of hydrogen-bond donors (Lipinski definition) is 1. The number of carbonyl (C=O) groups is 2. The summed E-state index contributed by atoms with van der Waals surface area (Å²) in [5.74, 6) is -0.295. The van der Waals surface area contributed by atoms with E-state index in [1.54, 1.807) is 4.90 Å². The molecule has 1 atom stereocenters. The van der Waals surface area contributed by atoms with Gasteiger partial charge in [0.2, 0.25) is 11.8 Å². The van der Waals surface area contributed by atoms with Crippen molar-refractivity contribution in [3.8, 4) is 0 Å².